The number of aromatic nitrogens is 2. The molecule has 1 aromatic carbocycles. The molecule has 3 aliphatic heterocycles. The molecule has 0 unspecified atom stereocenters. The van der Waals surface area contributed by atoms with Crippen LogP contribution in [0.15, 0.2) is 30.3 Å². The fourth-order valence-electron chi connectivity index (χ4n) is 5.36. The third-order valence-corrected chi connectivity index (χ3v) is 7.08. The minimum absolute atomic E-state index is 0.277. The summed E-state index contributed by atoms with van der Waals surface area (Å²) < 4.78 is 11.1. The summed E-state index contributed by atoms with van der Waals surface area (Å²) >= 11 is 0. The van der Waals surface area contributed by atoms with Gasteiger partial charge in [0.1, 0.15) is 5.75 Å². The van der Waals surface area contributed by atoms with Crippen molar-refractivity contribution in [1.29, 1.82) is 0 Å². The molecule has 0 bridgehead atoms. The first-order valence-corrected chi connectivity index (χ1v) is 12.5. The van der Waals surface area contributed by atoms with Gasteiger partial charge in [-0.05, 0) is 50.5 Å². The molecule has 2 fully saturated rings. The van der Waals surface area contributed by atoms with Crippen molar-refractivity contribution in [2.75, 3.05) is 61.7 Å². The highest BCUT2D eigenvalue weighted by molar-refractivity contribution is 6.01. The van der Waals surface area contributed by atoms with Crippen LogP contribution in [-0.2, 0) is 11.3 Å². The van der Waals surface area contributed by atoms with Crippen LogP contribution in [0.3, 0.4) is 0 Å². The lowest BCUT2D eigenvalue weighted by molar-refractivity contribution is 0.0161. The van der Waals surface area contributed by atoms with Crippen molar-refractivity contribution in [3.63, 3.8) is 0 Å². The number of hydrogen-bond acceptors (Lipinski definition) is 8. The monoisotopic (exact) mass is 481 g/mol. The smallest absolute Gasteiger partial charge is 0.342 e. The molecule has 10 nitrogen and oxygen atoms in total. The number of urea groups is 1. The first-order valence-electron chi connectivity index (χ1n) is 12.5. The van der Waals surface area contributed by atoms with Crippen molar-refractivity contribution in [1.82, 2.24) is 20.1 Å². The van der Waals surface area contributed by atoms with E-state index in [1.165, 1.54) is 0 Å². The minimum atomic E-state index is -0.277. The van der Waals surface area contributed by atoms with Crippen molar-refractivity contribution in [2.24, 2.45) is 0 Å². The van der Waals surface area contributed by atoms with E-state index in [-0.39, 0.29) is 6.03 Å². The summed E-state index contributed by atoms with van der Waals surface area (Å²) in [5.41, 5.74) is 1.89. The number of benzene rings is 1. The zero-order valence-corrected chi connectivity index (χ0v) is 20.8. The van der Waals surface area contributed by atoms with Crippen LogP contribution in [0.4, 0.5) is 22.1 Å². The molecule has 2 saturated heterocycles. The third kappa shape index (κ3) is 5.05. The first kappa shape index (κ1) is 23.8. The van der Waals surface area contributed by atoms with Crippen molar-refractivity contribution in [3.8, 4) is 5.75 Å². The van der Waals surface area contributed by atoms with E-state index in [1.54, 1.807) is 5.01 Å². The molecule has 0 aliphatic carbocycles. The number of piperazine rings is 1. The van der Waals surface area contributed by atoms with E-state index >= 15 is 0 Å². The van der Waals surface area contributed by atoms with Crippen LogP contribution in [0.2, 0.25) is 0 Å². The SMILES string of the molecule is CCOc1ccc2c(c1)N(C(=O)Nc1ccc(N3CCN(C4CCOCC4)[C@@H](C)C3)nn1)N(C)C2. The van der Waals surface area contributed by atoms with Crippen LogP contribution >= 0.6 is 0 Å². The van der Waals surface area contributed by atoms with Gasteiger partial charge in [0.25, 0.3) is 0 Å². The van der Waals surface area contributed by atoms with Crippen molar-refractivity contribution in [3.05, 3.63) is 35.9 Å². The number of carbonyl (C=O) groups is 1. The molecule has 10 heteroatoms. The number of hydrogen-bond donors (Lipinski definition) is 1. The zero-order chi connectivity index (χ0) is 24.4. The zero-order valence-electron chi connectivity index (χ0n) is 20.8. The standard InChI is InChI=1S/C25H35N7O3/c1-4-35-21-6-5-19-17-29(3)32(22(19)15-21)25(33)26-23-7-8-24(28-27-23)30-11-12-31(18(2)16-30)20-9-13-34-14-10-20/h5-8,15,18,20H,4,9-14,16-17H2,1-3H3,(H,26,27,33)/t18-/m0/s1. The molecule has 2 aromatic rings. The summed E-state index contributed by atoms with van der Waals surface area (Å²) in [7, 11) is 1.88. The Morgan fingerprint density at radius 2 is 2.00 bits per heavy atom. The lowest BCUT2D eigenvalue weighted by Crippen LogP contribution is -2.56. The average Bonchev–Trinajstić information content (AvgIpc) is 3.20. The molecule has 4 heterocycles. The summed E-state index contributed by atoms with van der Waals surface area (Å²) in [6.45, 7) is 10.0. The number of ether oxygens (including phenoxy) is 2. The summed E-state index contributed by atoms with van der Waals surface area (Å²) in [4.78, 5) is 18.0. The lowest BCUT2D eigenvalue weighted by atomic mass is 10.0. The van der Waals surface area contributed by atoms with E-state index in [0.717, 1.165) is 68.5 Å². The molecule has 2 amide bonds. The normalized spacial score (nSPS) is 21.7. The van der Waals surface area contributed by atoms with Gasteiger partial charge in [0, 0.05) is 64.6 Å². The predicted octanol–water partition coefficient (Wildman–Crippen LogP) is 2.96. The van der Waals surface area contributed by atoms with E-state index in [9.17, 15) is 4.79 Å². The van der Waals surface area contributed by atoms with E-state index in [1.807, 2.05) is 49.3 Å². The Labute approximate surface area is 206 Å². The van der Waals surface area contributed by atoms with Gasteiger partial charge in [0.05, 0.1) is 12.3 Å². The quantitative estimate of drug-likeness (QED) is 0.698. The van der Waals surface area contributed by atoms with E-state index in [2.05, 4.69) is 32.2 Å². The van der Waals surface area contributed by atoms with Crippen LogP contribution in [0, 0.1) is 0 Å². The maximum absolute atomic E-state index is 13.1. The van der Waals surface area contributed by atoms with Gasteiger partial charge in [-0.15, -0.1) is 10.2 Å². The molecule has 188 valence electrons. The summed E-state index contributed by atoms with van der Waals surface area (Å²) in [5.74, 6) is 2.01. The molecule has 35 heavy (non-hydrogen) atoms. The molecule has 1 atom stereocenters. The Balaban J connectivity index is 1.21. The summed E-state index contributed by atoms with van der Waals surface area (Å²) in [5, 5.41) is 15.1. The highest BCUT2D eigenvalue weighted by Gasteiger charge is 2.32. The summed E-state index contributed by atoms with van der Waals surface area (Å²) in [6, 6.07) is 10.4. The molecule has 0 radical (unpaired) electrons. The van der Waals surface area contributed by atoms with Crippen molar-refractivity contribution >= 4 is 23.4 Å². The highest BCUT2D eigenvalue weighted by Crippen LogP contribution is 2.34. The molecule has 3 aliphatic rings. The van der Waals surface area contributed by atoms with Gasteiger partial charge < -0.3 is 14.4 Å². The fraction of sp³-hybridized carbons (Fsp3) is 0.560. The Morgan fingerprint density at radius 1 is 1.17 bits per heavy atom. The van der Waals surface area contributed by atoms with Crippen LogP contribution in [0.5, 0.6) is 5.75 Å². The molecule has 0 spiro atoms. The molecule has 5 rings (SSSR count). The predicted molar refractivity (Wildman–Crippen MR) is 135 cm³/mol. The Kier molecular flexibility index (Phi) is 7.03. The average molecular weight is 482 g/mol. The van der Waals surface area contributed by atoms with Crippen molar-refractivity contribution in [2.45, 2.75) is 45.3 Å². The molecule has 0 saturated carbocycles. The largest absolute Gasteiger partial charge is 0.494 e. The van der Waals surface area contributed by atoms with Gasteiger partial charge in [-0.2, -0.15) is 0 Å². The number of amides is 2. The topological polar surface area (TPSA) is 86.3 Å². The van der Waals surface area contributed by atoms with Gasteiger partial charge in [-0.25, -0.2) is 14.8 Å². The number of nitrogens with zero attached hydrogens (tertiary/aromatic N) is 6. The Hall–Kier alpha value is -2.95. The second-order valence-corrected chi connectivity index (χ2v) is 9.43. The lowest BCUT2D eigenvalue weighted by Gasteiger charge is -2.45. The van der Waals surface area contributed by atoms with E-state index < -0.39 is 0 Å². The number of rotatable bonds is 5. The van der Waals surface area contributed by atoms with E-state index in [4.69, 9.17) is 9.47 Å². The fourth-order valence-corrected chi connectivity index (χ4v) is 5.36. The van der Waals surface area contributed by atoms with Crippen LogP contribution in [0.25, 0.3) is 0 Å². The van der Waals surface area contributed by atoms with Gasteiger partial charge >= 0.3 is 6.03 Å². The minimum Gasteiger partial charge on any atom is -0.494 e. The molecular weight excluding hydrogens is 446 g/mol. The second kappa shape index (κ2) is 10.3. The second-order valence-electron chi connectivity index (χ2n) is 9.43. The maximum atomic E-state index is 13.1. The molecule has 1 N–H and O–H groups in total. The number of carbonyl (C=O) groups excluding carboxylic acids is 1. The Morgan fingerprint density at radius 3 is 2.71 bits per heavy atom. The van der Waals surface area contributed by atoms with Crippen molar-refractivity contribution < 1.29 is 14.3 Å². The molecule has 1 aromatic heterocycles. The number of anilines is 3. The van der Waals surface area contributed by atoms with Crippen LogP contribution in [0.1, 0.15) is 32.3 Å². The van der Waals surface area contributed by atoms with Crippen LogP contribution in [-0.4, -0.2) is 84.7 Å². The van der Waals surface area contributed by atoms with E-state index in [0.29, 0.717) is 31.1 Å². The van der Waals surface area contributed by atoms with Gasteiger partial charge in [0.2, 0.25) is 0 Å². The van der Waals surface area contributed by atoms with Gasteiger partial charge in [0.15, 0.2) is 11.6 Å². The number of hydrazine groups is 1. The summed E-state index contributed by atoms with van der Waals surface area (Å²) in [6.07, 6.45) is 2.23. The number of nitrogens with one attached hydrogen (secondary N) is 1. The third-order valence-electron chi connectivity index (χ3n) is 7.08. The first-order chi connectivity index (χ1) is 17.0. The van der Waals surface area contributed by atoms with Gasteiger partial charge in [-0.3, -0.25) is 10.2 Å². The highest BCUT2D eigenvalue weighted by atomic mass is 16.5. The van der Waals surface area contributed by atoms with Crippen LogP contribution < -0.4 is 20.0 Å². The Bertz CT molecular complexity index is 1030. The number of fused-ring (bicyclic) bond motifs is 1. The maximum Gasteiger partial charge on any atom is 0.342 e. The molecular formula is C25H35N7O3. The van der Waals surface area contributed by atoms with Gasteiger partial charge in [-0.1, -0.05) is 6.07 Å².